The zero-order valence-corrected chi connectivity index (χ0v) is 15.7. The SMILES string of the molecule is COc1ccc(C)cc1/C=C/C(=O)N(C)CC(=O)Nc1ccc(Cl)cc1. The van der Waals surface area contributed by atoms with Crippen LogP contribution in [0.25, 0.3) is 6.08 Å². The van der Waals surface area contributed by atoms with E-state index in [0.29, 0.717) is 16.5 Å². The predicted molar refractivity (Wildman–Crippen MR) is 104 cm³/mol. The maximum Gasteiger partial charge on any atom is 0.246 e. The highest BCUT2D eigenvalue weighted by Gasteiger charge is 2.11. The van der Waals surface area contributed by atoms with Crippen LogP contribution in [0.5, 0.6) is 5.75 Å². The molecule has 2 rings (SSSR count). The number of halogens is 1. The average molecular weight is 373 g/mol. The summed E-state index contributed by atoms with van der Waals surface area (Å²) < 4.78 is 5.28. The molecule has 0 fully saturated rings. The maximum atomic E-state index is 12.2. The lowest BCUT2D eigenvalue weighted by Gasteiger charge is -2.15. The molecule has 6 heteroatoms. The van der Waals surface area contributed by atoms with Crippen LogP contribution < -0.4 is 10.1 Å². The van der Waals surface area contributed by atoms with Crippen LogP contribution in [0.15, 0.2) is 48.5 Å². The van der Waals surface area contributed by atoms with Gasteiger partial charge in [0.25, 0.3) is 0 Å². The van der Waals surface area contributed by atoms with Crippen molar-refractivity contribution in [1.82, 2.24) is 4.90 Å². The van der Waals surface area contributed by atoms with Crippen LogP contribution in [-0.2, 0) is 9.59 Å². The molecule has 0 heterocycles. The van der Waals surface area contributed by atoms with Crippen LogP contribution in [-0.4, -0.2) is 37.4 Å². The number of nitrogens with one attached hydrogen (secondary N) is 1. The number of hydrogen-bond acceptors (Lipinski definition) is 3. The molecule has 5 nitrogen and oxygen atoms in total. The van der Waals surface area contributed by atoms with Crippen molar-refractivity contribution < 1.29 is 14.3 Å². The summed E-state index contributed by atoms with van der Waals surface area (Å²) in [4.78, 5) is 25.6. The van der Waals surface area contributed by atoms with Crippen LogP contribution in [0, 0.1) is 6.92 Å². The molecule has 0 aromatic heterocycles. The van der Waals surface area contributed by atoms with E-state index in [1.165, 1.54) is 11.0 Å². The summed E-state index contributed by atoms with van der Waals surface area (Å²) in [5.74, 6) is 0.118. The van der Waals surface area contributed by atoms with Gasteiger partial charge in [0.2, 0.25) is 11.8 Å². The summed E-state index contributed by atoms with van der Waals surface area (Å²) in [6.45, 7) is 1.91. The van der Waals surface area contributed by atoms with Gasteiger partial charge in [0.05, 0.1) is 13.7 Å². The van der Waals surface area contributed by atoms with E-state index in [2.05, 4.69) is 5.32 Å². The number of amides is 2. The number of hydrogen-bond donors (Lipinski definition) is 1. The van der Waals surface area contributed by atoms with E-state index >= 15 is 0 Å². The minimum absolute atomic E-state index is 0.0588. The van der Waals surface area contributed by atoms with Gasteiger partial charge in [-0.1, -0.05) is 23.2 Å². The lowest BCUT2D eigenvalue weighted by molar-refractivity contribution is -0.129. The third-order valence-corrected chi connectivity index (χ3v) is 3.93. The number of methoxy groups -OCH3 is 1. The Morgan fingerprint density at radius 1 is 1.19 bits per heavy atom. The smallest absolute Gasteiger partial charge is 0.246 e. The summed E-state index contributed by atoms with van der Waals surface area (Å²) in [5, 5.41) is 3.31. The monoisotopic (exact) mass is 372 g/mol. The molecule has 0 unspecified atom stereocenters. The van der Waals surface area contributed by atoms with Crippen molar-refractivity contribution >= 4 is 35.2 Å². The van der Waals surface area contributed by atoms with Gasteiger partial charge in [0.1, 0.15) is 5.75 Å². The molecule has 2 aromatic rings. The topological polar surface area (TPSA) is 58.6 Å². The Morgan fingerprint density at radius 2 is 1.88 bits per heavy atom. The summed E-state index contributed by atoms with van der Waals surface area (Å²) in [6, 6.07) is 12.5. The van der Waals surface area contributed by atoms with Gasteiger partial charge in [-0.3, -0.25) is 9.59 Å². The first kappa shape index (κ1) is 19.5. The number of rotatable bonds is 6. The van der Waals surface area contributed by atoms with Gasteiger partial charge in [0.15, 0.2) is 0 Å². The van der Waals surface area contributed by atoms with E-state index in [1.807, 2.05) is 25.1 Å². The molecule has 0 aliphatic heterocycles. The molecule has 0 bridgehead atoms. The van der Waals surface area contributed by atoms with E-state index in [0.717, 1.165) is 11.1 Å². The average Bonchev–Trinajstić information content (AvgIpc) is 2.61. The molecule has 0 saturated heterocycles. The molecule has 0 atom stereocenters. The number of carbonyl (C=O) groups excluding carboxylic acids is 2. The molecule has 0 aliphatic rings. The molecule has 1 N–H and O–H groups in total. The maximum absolute atomic E-state index is 12.2. The van der Waals surface area contributed by atoms with Crippen molar-refractivity contribution in [2.24, 2.45) is 0 Å². The van der Waals surface area contributed by atoms with Gasteiger partial charge in [-0.25, -0.2) is 0 Å². The Morgan fingerprint density at radius 3 is 2.54 bits per heavy atom. The van der Waals surface area contributed by atoms with Crippen molar-refractivity contribution in [3.63, 3.8) is 0 Å². The van der Waals surface area contributed by atoms with Crippen molar-refractivity contribution in [3.05, 3.63) is 64.7 Å². The quantitative estimate of drug-likeness (QED) is 0.785. The largest absolute Gasteiger partial charge is 0.496 e. The van der Waals surface area contributed by atoms with Crippen LogP contribution in [0.2, 0.25) is 5.02 Å². The number of anilines is 1. The van der Waals surface area contributed by atoms with Gasteiger partial charge < -0.3 is 15.0 Å². The summed E-state index contributed by atoms with van der Waals surface area (Å²) in [5.41, 5.74) is 2.49. The molecule has 2 aromatic carbocycles. The molecule has 26 heavy (non-hydrogen) atoms. The van der Waals surface area contributed by atoms with Crippen molar-refractivity contribution in [2.75, 3.05) is 26.0 Å². The van der Waals surface area contributed by atoms with Crippen LogP contribution in [0.3, 0.4) is 0 Å². The first-order valence-electron chi connectivity index (χ1n) is 8.02. The minimum Gasteiger partial charge on any atom is -0.496 e. The fourth-order valence-electron chi connectivity index (χ4n) is 2.30. The second-order valence-electron chi connectivity index (χ2n) is 5.83. The zero-order valence-electron chi connectivity index (χ0n) is 15.0. The fourth-order valence-corrected chi connectivity index (χ4v) is 2.43. The second kappa shape index (κ2) is 9.06. The number of benzene rings is 2. The molecule has 136 valence electrons. The van der Waals surface area contributed by atoms with Crippen LogP contribution in [0.1, 0.15) is 11.1 Å². The molecule has 2 amide bonds. The lowest BCUT2D eigenvalue weighted by atomic mass is 10.1. The highest BCUT2D eigenvalue weighted by molar-refractivity contribution is 6.30. The van der Waals surface area contributed by atoms with Gasteiger partial charge in [-0.05, 0) is 49.4 Å². The number of carbonyl (C=O) groups is 2. The summed E-state index contributed by atoms with van der Waals surface area (Å²) in [7, 11) is 3.15. The van der Waals surface area contributed by atoms with Gasteiger partial charge >= 0.3 is 0 Å². The molecule has 0 aliphatic carbocycles. The first-order valence-corrected chi connectivity index (χ1v) is 8.40. The van der Waals surface area contributed by atoms with Crippen molar-refractivity contribution in [3.8, 4) is 5.75 Å². The highest BCUT2D eigenvalue weighted by atomic mass is 35.5. The highest BCUT2D eigenvalue weighted by Crippen LogP contribution is 2.21. The van der Waals surface area contributed by atoms with Gasteiger partial charge in [-0.15, -0.1) is 0 Å². The molecule has 0 saturated carbocycles. The first-order chi connectivity index (χ1) is 12.4. The third kappa shape index (κ3) is 5.63. The lowest BCUT2D eigenvalue weighted by Crippen LogP contribution is -2.33. The Labute approximate surface area is 158 Å². The normalized spacial score (nSPS) is 10.6. The number of aryl methyl sites for hydroxylation is 1. The van der Waals surface area contributed by atoms with Crippen LogP contribution >= 0.6 is 11.6 Å². The second-order valence-corrected chi connectivity index (χ2v) is 6.26. The zero-order chi connectivity index (χ0) is 19.1. The van der Waals surface area contributed by atoms with Crippen molar-refractivity contribution in [2.45, 2.75) is 6.92 Å². The van der Waals surface area contributed by atoms with Crippen molar-refractivity contribution in [1.29, 1.82) is 0 Å². The molecule has 0 spiro atoms. The minimum atomic E-state index is -0.287. The molecular formula is C20H21ClN2O3. The van der Waals surface area contributed by atoms with E-state index in [9.17, 15) is 9.59 Å². The van der Waals surface area contributed by atoms with E-state index in [1.54, 1.807) is 44.5 Å². The van der Waals surface area contributed by atoms with E-state index < -0.39 is 0 Å². The Hall–Kier alpha value is -2.79. The third-order valence-electron chi connectivity index (χ3n) is 3.68. The molecule has 0 radical (unpaired) electrons. The number of ether oxygens (including phenoxy) is 1. The predicted octanol–water partition coefficient (Wildman–Crippen LogP) is 3.77. The van der Waals surface area contributed by atoms with E-state index in [4.69, 9.17) is 16.3 Å². The fraction of sp³-hybridized carbons (Fsp3) is 0.200. The Bertz CT molecular complexity index is 816. The van der Waals surface area contributed by atoms with E-state index in [-0.39, 0.29) is 18.4 Å². The molecular weight excluding hydrogens is 352 g/mol. The van der Waals surface area contributed by atoms with Gasteiger partial charge in [0, 0.05) is 29.4 Å². The van der Waals surface area contributed by atoms with Gasteiger partial charge in [-0.2, -0.15) is 0 Å². The standard InChI is InChI=1S/C20H21ClN2O3/c1-14-4-10-18(26-3)15(12-14)5-11-20(25)23(2)13-19(24)22-17-8-6-16(21)7-9-17/h4-12H,13H2,1-3H3,(H,22,24)/b11-5+. The Balaban J connectivity index is 1.95. The number of nitrogens with zero attached hydrogens (tertiary/aromatic N) is 1. The number of likely N-dealkylation sites (N-methyl/N-ethyl adjacent to an activating group) is 1. The van der Waals surface area contributed by atoms with Crippen LogP contribution in [0.4, 0.5) is 5.69 Å². The summed E-state index contributed by atoms with van der Waals surface area (Å²) >= 11 is 5.81. The Kier molecular flexibility index (Phi) is 6.81. The summed E-state index contributed by atoms with van der Waals surface area (Å²) in [6.07, 6.45) is 3.11.